The Bertz CT molecular complexity index is 514. The van der Waals surface area contributed by atoms with Crippen molar-refractivity contribution in [3.8, 4) is 10.6 Å². The van der Waals surface area contributed by atoms with Crippen LogP contribution in [-0.4, -0.2) is 25.1 Å². The van der Waals surface area contributed by atoms with Gasteiger partial charge in [0.2, 0.25) is 0 Å². The topological polar surface area (TPSA) is 28.2 Å². The number of hydrogen-bond acceptors (Lipinski definition) is 4. The van der Waals surface area contributed by atoms with E-state index in [0.29, 0.717) is 6.04 Å². The highest BCUT2D eigenvalue weighted by Crippen LogP contribution is 2.25. The van der Waals surface area contributed by atoms with E-state index in [2.05, 4.69) is 58.7 Å². The number of benzene rings is 1. The van der Waals surface area contributed by atoms with Crippen LogP contribution in [0.3, 0.4) is 0 Å². The van der Waals surface area contributed by atoms with Gasteiger partial charge in [-0.2, -0.15) is 0 Å². The Balaban J connectivity index is 2.09. The maximum Gasteiger partial charge on any atom is 0.123 e. The molecule has 1 N–H and O–H groups in total. The van der Waals surface area contributed by atoms with Gasteiger partial charge in [0.05, 0.1) is 5.69 Å². The molecule has 0 saturated carbocycles. The fraction of sp³-hybridized carbons (Fsp3) is 0.400. The monoisotopic (exact) mass is 275 g/mol. The summed E-state index contributed by atoms with van der Waals surface area (Å²) in [5.41, 5.74) is 3.51. The Morgan fingerprint density at radius 2 is 1.89 bits per heavy atom. The number of hydrogen-bond donors (Lipinski definition) is 1. The van der Waals surface area contributed by atoms with E-state index in [1.165, 1.54) is 11.3 Å². The van der Waals surface area contributed by atoms with Crippen LogP contribution < -0.4 is 10.2 Å². The molecule has 0 amide bonds. The van der Waals surface area contributed by atoms with Crippen molar-refractivity contribution in [3.63, 3.8) is 0 Å². The molecule has 0 atom stereocenters. The summed E-state index contributed by atoms with van der Waals surface area (Å²) >= 11 is 1.70. The summed E-state index contributed by atoms with van der Waals surface area (Å²) in [4.78, 5) is 6.77. The van der Waals surface area contributed by atoms with Crippen LogP contribution in [0.4, 0.5) is 5.69 Å². The molecule has 0 bridgehead atoms. The molecular formula is C15H21N3S. The molecule has 0 aliphatic heterocycles. The maximum absolute atomic E-state index is 4.67. The predicted octanol–water partition coefficient (Wildman–Crippen LogP) is 3.37. The summed E-state index contributed by atoms with van der Waals surface area (Å²) in [5, 5.41) is 6.61. The fourth-order valence-corrected chi connectivity index (χ4v) is 2.56. The molecule has 0 saturated heterocycles. The van der Waals surface area contributed by atoms with E-state index < -0.39 is 0 Å². The highest BCUT2D eigenvalue weighted by Gasteiger charge is 2.05. The van der Waals surface area contributed by atoms with E-state index >= 15 is 0 Å². The first kappa shape index (κ1) is 14.0. The van der Waals surface area contributed by atoms with Crippen molar-refractivity contribution in [1.82, 2.24) is 10.3 Å². The van der Waals surface area contributed by atoms with Crippen molar-refractivity contribution in [2.24, 2.45) is 0 Å². The first-order valence-electron chi connectivity index (χ1n) is 6.52. The Labute approximate surface area is 119 Å². The Morgan fingerprint density at radius 3 is 2.47 bits per heavy atom. The minimum absolute atomic E-state index is 0.490. The van der Waals surface area contributed by atoms with Gasteiger partial charge in [-0.05, 0) is 24.3 Å². The number of anilines is 1. The normalized spacial score (nSPS) is 11.0. The summed E-state index contributed by atoms with van der Waals surface area (Å²) in [6.45, 7) is 5.13. The van der Waals surface area contributed by atoms with E-state index in [1.807, 2.05) is 14.1 Å². The molecule has 19 heavy (non-hydrogen) atoms. The first-order chi connectivity index (χ1) is 9.06. The Morgan fingerprint density at radius 1 is 1.21 bits per heavy atom. The van der Waals surface area contributed by atoms with Crippen LogP contribution in [-0.2, 0) is 6.54 Å². The van der Waals surface area contributed by atoms with Gasteiger partial charge in [-0.1, -0.05) is 13.8 Å². The van der Waals surface area contributed by atoms with Crippen LogP contribution in [0, 0.1) is 0 Å². The molecule has 102 valence electrons. The molecule has 4 heteroatoms. The smallest absolute Gasteiger partial charge is 0.123 e. The zero-order chi connectivity index (χ0) is 13.8. The van der Waals surface area contributed by atoms with Gasteiger partial charge in [0, 0.05) is 43.3 Å². The molecule has 2 aromatic rings. The quantitative estimate of drug-likeness (QED) is 0.906. The molecule has 0 unspecified atom stereocenters. The molecule has 3 nitrogen and oxygen atoms in total. The largest absolute Gasteiger partial charge is 0.378 e. The minimum Gasteiger partial charge on any atom is -0.378 e. The molecule has 1 aromatic heterocycles. The van der Waals surface area contributed by atoms with Crippen molar-refractivity contribution < 1.29 is 0 Å². The summed E-state index contributed by atoms with van der Waals surface area (Å²) in [5.74, 6) is 0. The Hall–Kier alpha value is -1.39. The van der Waals surface area contributed by atoms with Crippen molar-refractivity contribution in [3.05, 3.63) is 35.3 Å². The van der Waals surface area contributed by atoms with Crippen LogP contribution in [0.5, 0.6) is 0 Å². The standard InChI is InChI=1S/C15H21N3S/c1-11(2)16-9-13-10-19-15(17-13)12-5-7-14(8-6-12)18(3)4/h5-8,10-11,16H,9H2,1-4H3. The number of aromatic nitrogens is 1. The average Bonchev–Trinajstić information content (AvgIpc) is 2.85. The van der Waals surface area contributed by atoms with Gasteiger partial charge in [-0.3, -0.25) is 0 Å². The van der Waals surface area contributed by atoms with E-state index in [-0.39, 0.29) is 0 Å². The third kappa shape index (κ3) is 3.78. The maximum atomic E-state index is 4.67. The molecule has 0 aliphatic carbocycles. The summed E-state index contributed by atoms with van der Waals surface area (Å²) in [6, 6.07) is 9.01. The van der Waals surface area contributed by atoms with Crippen molar-refractivity contribution in [2.75, 3.05) is 19.0 Å². The van der Waals surface area contributed by atoms with Gasteiger partial charge in [0.1, 0.15) is 5.01 Å². The molecule has 0 fully saturated rings. The summed E-state index contributed by atoms with van der Waals surface area (Å²) < 4.78 is 0. The second-order valence-electron chi connectivity index (χ2n) is 5.12. The predicted molar refractivity (Wildman–Crippen MR) is 83.9 cm³/mol. The lowest BCUT2D eigenvalue weighted by Gasteiger charge is -2.12. The molecule has 0 radical (unpaired) electrons. The second-order valence-corrected chi connectivity index (χ2v) is 5.98. The van der Waals surface area contributed by atoms with Gasteiger partial charge in [-0.15, -0.1) is 11.3 Å². The number of nitrogens with one attached hydrogen (secondary N) is 1. The van der Waals surface area contributed by atoms with Crippen molar-refractivity contribution in [2.45, 2.75) is 26.4 Å². The minimum atomic E-state index is 0.490. The first-order valence-corrected chi connectivity index (χ1v) is 7.40. The second kappa shape index (κ2) is 6.17. The van der Waals surface area contributed by atoms with Gasteiger partial charge < -0.3 is 10.2 Å². The third-order valence-corrected chi connectivity index (χ3v) is 3.81. The Kier molecular flexibility index (Phi) is 4.56. The van der Waals surface area contributed by atoms with Crippen LogP contribution in [0.15, 0.2) is 29.6 Å². The van der Waals surface area contributed by atoms with Gasteiger partial charge >= 0.3 is 0 Å². The van der Waals surface area contributed by atoms with Gasteiger partial charge in [0.15, 0.2) is 0 Å². The zero-order valence-electron chi connectivity index (χ0n) is 12.0. The van der Waals surface area contributed by atoms with Crippen molar-refractivity contribution in [1.29, 1.82) is 0 Å². The lowest BCUT2D eigenvalue weighted by atomic mass is 10.2. The van der Waals surface area contributed by atoms with Crippen LogP contribution in [0.1, 0.15) is 19.5 Å². The van der Waals surface area contributed by atoms with E-state index in [0.717, 1.165) is 17.2 Å². The highest BCUT2D eigenvalue weighted by atomic mass is 32.1. The fourth-order valence-electron chi connectivity index (χ4n) is 1.73. The molecule has 0 aliphatic rings. The van der Waals surface area contributed by atoms with Crippen LogP contribution in [0.2, 0.25) is 0 Å². The lowest BCUT2D eigenvalue weighted by Crippen LogP contribution is -2.21. The van der Waals surface area contributed by atoms with Gasteiger partial charge in [-0.25, -0.2) is 4.98 Å². The average molecular weight is 275 g/mol. The summed E-state index contributed by atoms with van der Waals surface area (Å²) in [6.07, 6.45) is 0. The number of nitrogens with zero attached hydrogens (tertiary/aromatic N) is 2. The van der Waals surface area contributed by atoms with Crippen molar-refractivity contribution >= 4 is 17.0 Å². The third-order valence-electron chi connectivity index (χ3n) is 2.87. The lowest BCUT2D eigenvalue weighted by molar-refractivity contribution is 0.583. The van der Waals surface area contributed by atoms with Crippen LogP contribution in [0.25, 0.3) is 10.6 Å². The van der Waals surface area contributed by atoms with E-state index in [1.54, 1.807) is 11.3 Å². The number of rotatable bonds is 5. The highest BCUT2D eigenvalue weighted by molar-refractivity contribution is 7.13. The summed E-state index contributed by atoms with van der Waals surface area (Å²) in [7, 11) is 4.10. The van der Waals surface area contributed by atoms with Gasteiger partial charge in [0.25, 0.3) is 0 Å². The zero-order valence-corrected chi connectivity index (χ0v) is 12.8. The molecule has 2 rings (SSSR count). The molecule has 1 heterocycles. The molecular weight excluding hydrogens is 254 g/mol. The van der Waals surface area contributed by atoms with Crippen LogP contribution >= 0.6 is 11.3 Å². The van der Waals surface area contributed by atoms with E-state index in [9.17, 15) is 0 Å². The number of thiazole rings is 1. The SMILES string of the molecule is CC(C)NCc1csc(-c2ccc(N(C)C)cc2)n1. The van der Waals surface area contributed by atoms with E-state index in [4.69, 9.17) is 0 Å². The molecule has 0 spiro atoms. The molecule has 1 aromatic carbocycles.